The van der Waals surface area contributed by atoms with Gasteiger partial charge in [0, 0.05) is 12.6 Å². The summed E-state index contributed by atoms with van der Waals surface area (Å²) in [5.41, 5.74) is -0.495. The van der Waals surface area contributed by atoms with E-state index in [0.717, 1.165) is 0 Å². The van der Waals surface area contributed by atoms with Gasteiger partial charge in [-0.15, -0.1) is 0 Å². The second-order valence-corrected chi connectivity index (χ2v) is 9.22. The van der Waals surface area contributed by atoms with Gasteiger partial charge >= 0.3 is 5.90 Å². The number of H-pyrrole nitrogens is 1. The van der Waals surface area contributed by atoms with Gasteiger partial charge in [0.05, 0.1) is 5.75 Å². The normalized spacial score (nSPS) is 17.9. The lowest BCUT2D eigenvalue weighted by Crippen LogP contribution is -2.20. The Morgan fingerprint density at radius 1 is 1.43 bits per heavy atom. The van der Waals surface area contributed by atoms with Crippen molar-refractivity contribution in [3.63, 3.8) is 0 Å². The Morgan fingerprint density at radius 2 is 2.20 bits per heavy atom. The van der Waals surface area contributed by atoms with Crippen LogP contribution >= 0.6 is 23.8 Å². The fourth-order valence-corrected chi connectivity index (χ4v) is 4.29. The van der Waals surface area contributed by atoms with E-state index in [0.29, 0.717) is 31.2 Å². The second kappa shape index (κ2) is 9.43. The van der Waals surface area contributed by atoms with Gasteiger partial charge in [0.2, 0.25) is 11.4 Å². The Bertz CT molecular complexity index is 1080. The molecule has 3 heterocycles. The Balaban J connectivity index is 1.74. The van der Waals surface area contributed by atoms with Gasteiger partial charge in [-0.1, -0.05) is 17.7 Å². The third-order valence-electron chi connectivity index (χ3n) is 4.54. The first kappa shape index (κ1) is 22.7. The maximum Gasteiger partial charge on any atom is 0.341 e. The standard InChI is InChI=1S/C17H21ClN4O6S2/c18-12-10-21(7-3-4-8-30(25,26)27)14(28-12)9-11(23)15-16(24)22(17(29)20-15)13-5-1-2-6-19-13/h1-2,5-6,11-12,23H,3-4,7-10H2,(H2-,20,24,25,26,27,29)/p+1. The van der Waals surface area contributed by atoms with E-state index in [1.165, 1.54) is 4.57 Å². The van der Waals surface area contributed by atoms with Gasteiger partial charge in [-0.3, -0.25) is 4.55 Å². The summed E-state index contributed by atoms with van der Waals surface area (Å²) < 4.78 is 39.3. The van der Waals surface area contributed by atoms with Crippen LogP contribution in [0.25, 0.3) is 5.82 Å². The van der Waals surface area contributed by atoms with E-state index in [9.17, 15) is 18.6 Å². The SMILES string of the molecule is O=S(=O)(O)CCCC[N+]1=C(CC(O)c2[nH]c(=S)n(-c3ccccn3)c2O)OC(Cl)C1. The molecule has 2 aromatic rings. The summed E-state index contributed by atoms with van der Waals surface area (Å²) in [6.07, 6.45) is 1.18. The van der Waals surface area contributed by atoms with Crippen molar-refractivity contribution in [2.45, 2.75) is 30.9 Å². The highest BCUT2D eigenvalue weighted by Gasteiger charge is 2.34. The lowest BCUT2D eigenvalue weighted by Gasteiger charge is -2.09. The molecule has 3 rings (SSSR count). The van der Waals surface area contributed by atoms with Crippen LogP contribution in [-0.2, 0) is 14.9 Å². The van der Waals surface area contributed by atoms with Gasteiger partial charge < -0.3 is 19.9 Å². The Kier molecular flexibility index (Phi) is 7.14. The monoisotopic (exact) mass is 477 g/mol. The van der Waals surface area contributed by atoms with E-state index in [4.69, 9.17) is 33.1 Å². The molecule has 1 aliphatic heterocycles. The van der Waals surface area contributed by atoms with Crippen molar-refractivity contribution < 1.29 is 32.5 Å². The van der Waals surface area contributed by atoms with Crippen molar-refractivity contribution in [3.05, 3.63) is 34.9 Å². The number of unbranched alkanes of at least 4 members (excludes halogenated alkanes) is 1. The van der Waals surface area contributed by atoms with Crippen LogP contribution in [0.1, 0.15) is 31.1 Å². The molecule has 0 saturated heterocycles. The maximum absolute atomic E-state index is 10.8. The molecule has 13 heteroatoms. The largest absolute Gasteiger partial charge is 0.493 e. The van der Waals surface area contributed by atoms with Crippen LogP contribution in [0.2, 0.25) is 0 Å². The van der Waals surface area contributed by atoms with Gasteiger partial charge in [0.1, 0.15) is 30.6 Å². The first-order valence-electron chi connectivity index (χ1n) is 9.15. The number of aliphatic hydroxyl groups excluding tert-OH is 1. The number of aromatic amines is 1. The molecule has 0 aromatic carbocycles. The molecule has 1 aliphatic rings. The molecular weight excluding hydrogens is 456 g/mol. The number of aliphatic hydroxyl groups is 1. The lowest BCUT2D eigenvalue weighted by atomic mass is 10.2. The molecule has 164 valence electrons. The van der Waals surface area contributed by atoms with E-state index in [-0.39, 0.29) is 34.9 Å². The summed E-state index contributed by atoms with van der Waals surface area (Å²) in [5, 5.41) is 21.2. The van der Waals surface area contributed by atoms with Crippen LogP contribution in [0.3, 0.4) is 0 Å². The number of ether oxygens (including phenoxy) is 1. The van der Waals surface area contributed by atoms with Crippen molar-refractivity contribution >= 4 is 39.8 Å². The average molecular weight is 478 g/mol. The van der Waals surface area contributed by atoms with Gasteiger partial charge in [-0.2, -0.15) is 13.0 Å². The minimum absolute atomic E-state index is 0.0204. The molecule has 0 amide bonds. The van der Waals surface area contributed by atoms with E-state index >= 15 is 0 Å². The Morgan fingerprint density at radius 3 is 2.87 bits per heavy atom. The number of hydrogen-bond acceptors (Lipinski definition) is 7. The number of aromatic nitrogens is 3. The summed E-state index contributed by atoms with van der Waals surface area (Å²) in [6, 6.07) is 5.14. The molecule has 2 unspecified atom stereocenters. The summed E-state index contributed by atoms with van der Waals surface area (Å²) in [5.74, 6) is 0.237. The number of halogens is 1. The number of nitrogens with one attached hydrogen (secondary N) is 1. The molecule has 30 heavy (non-hydrogen) atoms. The summed E-state index contributed by atoms with van der Waals surface area (Å²) >= 11 is 11.3. The fraction of sp³-hybridized carbons (Fsp3) is 0.471. The highest BCUT2D eigenvalue weighted by molar-refractivity contribution is 7.85. The van der Waals surface area contributed by atoms with Crippen molar-refractivity contribution in [2.75, 3.05) is 18.8 Å². The van der Waals surface area contributed by atoms with E-state index in [1.807, 2.05) is 0 Å². The van der Waals surface area contributed by atoms with Crippen molar-refractivity contribution in [1.29, 1.82) is 0 Å². The molecule has 0 saturated carbocycles. The highest BCUT2D eigenvalue weighted by atomic mass is 35.5. The third kappa shape index (κ3) is 5.58. The van der Waals surface area contributed by atoms with Gasteiger partial charge in [0.25, 0.3) is 10.1 Å². The minimum atomic E-state index is -4.00. The predicted molar refractivity (Wildman–Crippen MR) is 111 cm³/mol. The van der Waals surface area contributed by atoms with Crippen molar-refractivity contribution in [1.82, 2.24) is 14.5 Å². The molecule has 0 spiro atoms. The zero-order valence-corrected chi connectivity index (χ0v) is 18.2. The molecule has 10 nitrogen and oxygen atoms in total. The number of imidazole rings is 1. The molecule has 0 bridgehead atoms. The molecule has 2 atom stereocenters. The zero-order chi connectivity index (χ0) is 21.9. The van der Waals surface area contributed by atoms with Gasteiger partial charge in [-0.05, 0) is 30.8 Å². The van der Waals surface area contributed by atoms with E-state index in [1.54, 1.807) is 29.0 Å². The van der Waals surface area contributed by atoms with Gasteiger partial charge in [-0.25, -0.2) is 9.55 Å². The molecule has 0 fully saturated rings. The molecule has 4 N–H and O–H groups in total. The van der Waals surface area contributed by atoms with Crippen LogP contribution in [0.15, 0.2) is 24.4 Å². The molecule has 0 aliphatic carbocycles. The van der Waals surface area contributed by atoms with Crippen LogP contribution in [0, 0.1) is 4.77 Å². The fourth-order valence-electron chi connectivity index (χ4n) is 3.16. The first-order chi connectivity index (χ1) is 14.2. The Hall–Kier alpha value is -1.99. The number of alkyl halides is 1. The van der Waals surface area contributed by atoms with Crippen molar-refractivity contribution in [2.24, 2.45) is 0 Å². The topological polar surface area (TPSA) is 141 Å². The number of pyridine rings is 1. The van der Waals surface area contributed by atoms with Gasteiger partial charge in [0.15, 0.2) is 11.3 Å². The minimum Gasteiger partial charge on any atom is -0.493 e. The quantitative estimate of drug-likeness (QED) is 0.141. The number of aromatic hydroxyl groups is 1. The summed E-state index contributed by atoms with van der Waals surface area (Å²) in [4.78, 5) is 6.95. The van der Waals surface area contributed by atoms with Crippen LogP contribution in [0.4, 0.5) is 0 Å². The first-order valence-corrected chi connectivity index (χ1v) is 11.6. The zero-order valence-electron chi connectivity index (χ0n) is 15.8. The maximum atomic E-state index is 10.8. The summed E-state index contributed by atoms with van der Waals surface area (Å²) in [7, 11) is -4.00. The van der Waals surface area contributed by atoms with Crippen LogP contribution in [-0.4, -0.2) is 72.6 Å². The average Bonchev–Trinajstić information content (AvgIpc) is 3.17. The lowest BCUT2D eigenvalue weighted by molar-refractivity contribution is -0.521. The number of rotatable bonds is 9. The predicted octanol–water partition coefficient (Wildman–Crippen LogP) is 1.73. The van der Waals surface area contributed by atoms with E-state index in [2.05, 4.69) is 9.97 Å². The summed E-state index contributed by atoms with van der Waals surface area (Å²) in [6.45, 7) is 0.810. The van der Waals surface area contributed by atoms with Crippen molar-refractivity contribution in [3.8, 4) is 11.7 Å². The van der Waals surface area contributed by atoms with Crippen LogP contribution in [0.5, 0.6) is 5.88 Å². The second-order valence-electron chi connectivity index (χ2n) is 6.77. The smallest absolute Gasteiger partial charge is 0.341 e. The number of nitrogens with zero attached hydrogens (tertiary/aromatic N) is 3. The van der Waals surface area contributed by atoms with E-state index < -0.39 is 21.8 Å². The Labute approximate surface area is 183 Å². The molecule has 0 radical (unpaired) electrons. The number of hydrogen-bond donors (Lipinski definition) is 4. The third-order valence-corrected chi connectivity index (χ3v) is 5.85. The molecular formula is C17H22ClN4O6S2+. The highest BCUT2D eigenvalue weighted by Crippen LogP contribution is 2.29. The van der Waals surface area contributed by atoms with Crippen LogP contribution < -0.4 is 0 Å². The molecule has 2 aromatic heterocycles.